The number of aryl methyl sites for hydroxylation is 2. The maximum Gasteiger partial charge on any atom is 0.357 e. The highest BCUT2D eigenvalue weighted by atomic mass is 35.5. The standard InChI is InChI=1S/C35H35ClN6O5S/c1-7-46-32(44)25-18-38-34-41(25)31-20(3)13-23(15-28(31)48-34)47-27-12-19(2)8-9-21(27)17-37-33(45)39-30-16-29(35(4,5)6)40-42(30)22-10-11-26(43)24(36)14-22/h8-16,18,43H,7,17H2,1-6H3,(H2,37,39,45). The molecular weight excluding hydrogens is 652 g/mol. The zero-order chi connectivity index (χ0) is 34.3. The summed E-state index contributed by atoms with van der Waals surface area (Å²) in [6.45, 7) is 12.3. The van der Waals surface area contributed by atoms with Crippen molar-refractivity contribution in [3.05, 3.63) is 93.9 Å². The van der Waals surface area contributed by atoms with E-state index >= 15 is 0 Å². The number of anilines is 1. The first-order valence-electron chi connectivity index (χ1n) is 15.3. The van der Waals surface area contributed by atoms with Gasteiger partial charge in [-0.1, -0.05) is 55.8 Å². The van der Waals surface area contributed by atoms with Crippen molar-refractivity contribution in [2.45, 2.75) is 53.5 Å². The third-order valence-corrected chi connectivity index (χ3v) is 8.97. The molecule has 2 amide bonds. The quantitative estimate of drug-likeness (QED) is 0.137. The Morgan fingerprint density at radius 1 is 1.06 bits per heavy atom. The average Bonchev–Trinajstić information content (AvgIpc) is 3.72. The number of ether oxygens (including phenoxy) is 2. The monoisotopic (exact) mass is 686 g/mol. The number of nitrogens with zero attached hydrogens (tertiary/aromatic N) is 4. The molecule has 0 aliphatic carbocycles. The summed E-state index contributed by atoms with van der Waals surface area (Å²) in [5.41, 5.74) is 4.99. The van der Waals surface area contributed by atoms with E-state index in [-0.39, 0.29) is 29.3 Å². The number of phenols is 1. The van der Waals surface area contributed by atoms with E-state index in [1.54, 1.807) is 23.7 Å². The SMILES string of the molecule is CCOC(=O)c1cnc2sc3cc(Oc4cc(C)ccc4CNC(=O)Nc4cc(C(C)(C)C)nn4-c4ccc(O)c(Cl)c4)cc(C)c3n12. The molecule has 3 aromatic carbocycles. The summed E-state index contributed by atoms with van der Waals surface area (Å²) in [6.07, 6.45) is 1.54. The second-order valence-corrected chi connectivity index (χ2v) is 13.8. The normalized spacial score (nSPS) is 11.6. The van der Waals surface area contributed by atoms with E-state index in [9.17, 15) is 14.7 Å². The van der Waals surface area contributed by atoms with Gasteiger partial charge in [0.15, 0.2) is 10.7 Å². The molecule has 0 unspecified atom stereocenters. The van der Waals surface area contributed by atoms with Crippen molar-refractivity contribution in [1.29, 1.82) is 0 Å². The molecule has 0 radical (unpaired) electrons. The Labute approximate surface area is 286 Å². The molecule has 3 aromatic heterocycles. The van der Waals surface area contributed by atoms with Gasteiger partial charge in [-0.25, -0.2) is 19.3 Å². The Balaban J connectivity index is 1.23. The molecule has 0 atom stereocenters. The molecule has 0 saturated carbocycles. The van der Waals surface area contributed by atoms with Gasteiger partial charge in [-0.3, -0.25) is 9.72 Å². The molecule has 13 heteroatoms. The first-order chi connectivity index (χ1) is 22.8. The Bertz CT molecular complexity index is 2200. The fourth-order valence-corrected chi connectivity index (χ4v) is 6.52. The minimum atomic E-state index is -0.440. The van der Waals surface area contributed by atoms with Gasteiger partial charge in [-0.2, -0.15) is 5.10 Å². The number of rotatable bonds is 8. The number of thiazole rings is 1. The minimum absolute atomic E-state index is 0.0455. The van der Waals surface area contributed by atoms with E-state index in [4.69, 9.17) is 26.2 Å². The number of benzene rings is 3. The topological polar surface area (TPSA) is 132 Å². The van der Waals surface area contributed by atoms with Crippen LogP contribution in [0.2, 0.25) is 5.02 Å². The number of aromatic nitrogens is 4. The summed E-state index contributed by atoms with van der Waals surface area (Å²) in [4.78, 5) is 30.9. The van der Waals surface area contributed by atoms with Crippen LogP contribution in [0.5, 0.6) is 17.2 Å². The van der Waals surface area contributed by atoms with Crippen LogP contribution in [0.4, 0.5) is 10.6 Å². The van der Waals surface area contributed by atoms with Crippen LogP contribution in [0.25, 0.3) is 20.9 Å². The number of aromatic hydroxyl groups is 1. The molecule has 6 rings (SSSR count). The summed E-state index contributed by atoms with van der Waals surface area (Å²) in [5, 5.41) is 20.6. The fourth-order valence-electron chi connectivity index (χ4n) is 5.24. The van der Waals surface area contributed by atoms with Crippen LogP contribution in [0.15, 0.2) is 60.8 Å². The lowest BCUT2D eigenvalue weighted by Gasteiger charge is -2.15. The fraction of sp³-hybridized carbons (Fsp3) is 0.257. The first-order valence-corrected chi connectivity index (χ1v) is 16.5. The number of halogens is 1. The van der Waals surface area contributed by atoms with Gasteiger partial charge < -0.3 is 19.9 Å². The lowest BCUT2D eigenvalue weighted by Crippen LogP contribution is -2.29. The summed E-state index contributed by atoms with van der Waals surface area (Å²) >= 11 is 7.63. The third kappa shape index (κ3) is 6.54. The van der Waals surface area contributed by atoms with Crippen LogP contribution >= 0.6 is 22.9 Å². The van der Waals surface area contributed by atoms with Gasteiger partial charge in [0, 0.05) is 29.7 Å². The van der Waals surface area contributed by atoms with E-state index in [1.807, 2.05) is 75.4 Å². The number of phenolic OH excluding ortho intramolecular Hbond substituents is 1. The smallest absolute Gasteiger partial charge is 0.357 e. The zero-order valence-corrected chi connectivity index (χ0v) is 28.9. The lowest BCUT2D eigenvalue weighted by atomic mass is 9.92. The maximum atomic E-state index is 13.2. The molecule has 0 fully saturated rings. The third-order valence-electron chi connectivity index (χ3n) is 7.66. The van der Waals surface area contributed by atoms with Gasteiger partial charge >= 0.3 is 12.0 Å². The lowest BCUT2D eigenvalue weighted by molar-refractivity contribution is 0.0518. The van der Waals surface area contributed by atoms with Gasteiger partial charge in [0.05, 0.1) is 39.4 Å². The predicted octanol–water partition coefficient (Wildman–Crippen LogP) is 8.30. The molecule has 48 heavy (non-hydrogen) atoms. The van der Waals surface area contributed by atoms with Gasteiger partial charge in [-0.15, -0.1) is 0 Å². The van der Waals surface area contributed by atoms with Crippen molar-refractivity contribution in [1.82, 2.24) is 24.5 Å². The van der Waals surface area contributed by atoms with E-state index in [0.29, 0.717) is 33.7 Å². The highest BCUT2D eigenvalue weighted by Gasteiger charge is 2.23. The average molecular weight is 687 g/mol. The number of hydrogen-bond acceptors (Lipinski definition) is 8. The van der Waals surface area contributed by atoms with Crippen LogP contribution in [-0.2, 0) is 16.7 Å². The van der Waals surface area contributed by atoms with E-state index in [0.717, 1.165) is 32.6 Å². The Kier molecular flexibility index (Phi) is 8.80. The number of hydrogen-bond donors (Lipinski definition) is 3. The largest absolute Gasteiger partial charge is 0.506 e. The van der Waals surface area contributed by atoms with E-state index in [1.165, 1.54) is 23.6 Å². The van der Waals surface area contributed by atoms with Crippen molar-refractivity contribution in [2.75, 3.05) is 11.9 Å². The molecule has 3 N–H and O–H groups in total. The minimum Gasteiger partial charge on any atom is -0.506 e. The van der Waals surface area contributed by atoms with Gasteiger partial charge in [0.1, 0.15) is 23.1 Å². The van der Waals surface area contributed by atoms with Crippen molar-refractivity contribution >= 4 is 55.9 Å². The summed E-state index contributed by atoms with van der Waals surface area (Å²) in [7, 11) is 0. The molecule has 0 aliphatic rings. The Hall–Kier alpha value is -5.07. The number of carbonyl (C=O) groups is 2. The van der Waals surface area contributed by atoms with Crippen LogP contribution in [0, 0.1) is 13.8 Å². The summed E-state index contributed by atoms with van der Waals surface area (Å²) in [5.74, 6) is 1.19. The molecule has 0 bridgehead atoms. The van der Waals surface area contributed by atoms with Crippen molar-refractivity contribution < 1.29 is 24.2 Å². The van der Waals surface area contributed by atoms with Crippen LogP contribution in [0.3, 0.4) is 0 Å². The summed E-state index contributed by atoms with van der Waals surface area (Å²) in [6, 6.07) is 15.8. The number of nitrogens with one attached hydrogen (secondary N) is 2. The molecule has 0 aliphatic heterocycles. The number of carbonyl (C=O) groups excluding carboxylic acids is 2. The zero-order valence-electron chi connectivity index (χ0n) is 27.3. The highest BCUT2D eigenvalue weighted by Crippen LogP contribution is 2.36. The van der Waals surface area contributed by atoms with E-state index in [2.05, 4.69) is 15.6 Å². The van der Waals surface area contributed by atoms with Gasteiger partial charge in [0.25, 0.3) is 0 Å². The second-order valence-electron chi connectivity index (χ2n) is 12.4. The molecule has 6 aromatic rings. The number of imidazole rings is 1. The second kappa shape index (κ2) is 12.9. The number of esters is 1. The molecule has 0 saturated heterocycles. The van der Waals surface area contributed by atoms with E-state index < -0.39 is 12.0 Å². The van der Waals surface area contributed by atoms with Crippen molar-refractivity contribution in [3.8, 4) is 22.9 Å². The number of amides is 2. The maximum absolute atomic E-state index is 13.2. The predicted molar refractivity (Wildman–Crippen MR) is 187 cm³/mol. The van der Waals surface area contributed by atoms with Crippen LogP contribution in [0.1, 0.15) is 60.6 Å². The Morgan fingerprint density at radius 2 is 1.85 bits per heavy atom. The van der Waals surface area contributed by atoms with Gasteiger partial charge in [-0.05, 0) is 62.2 Å². The molecule has 0 spiro atoms. The molecule has 11 nitrogen and oxygen atoms in total. The van der Waals surface area contributed by atoms with Crippen molar-refractivity contribution in [2.24, 2.45) is 0 Å². The molecule has 3 heterocycles. The summed E-state index contributed by atoms with van der Waals surface area (Å²) < 4.78 is 16.0. The molecular formula is C35H35ClN6O5S. The highest BCUT2D eigenvalue weighted by molar-refractivity contribution is 7.23. The Morgan fingerprint density at radius 3 is 2.58 bits per heavy atom. The van der Waals surface area contributed by atoms with Crippen molar-refractivity contribution in [3.63, 3.8) is 0 Å². The van der Waals surface area contributed by atoms with Crippen LogP contribution < -0.4 is 15.4 Å². The number of fused-ring (bicyclic) bond motifs is 3. The van der Waals surface area contributed by atoms with Crippen LogP contribution in [-0.4, -0.2) is 42.9 Å². The van der Waals surface area contributed by atoms with Gasteiger partial charge in [0.2, 0.25) is 0 Å². The number of urea groups is 1. The first kappa shape index (κ1) is 32.9. The molecule has 248 valence electrons.